The van der Waals surface area contributed by atoms with Gasteiger partial charge >= 0.3 is 0 Å². The van der Waals surface area contributed by atoms with Crippen LogP contribution in [-0.2, 0) is 11.3 Å². The number of nitrogen functional groups attached to an aromatic ring is 1. The Labute approximate surface area is 156 Å². The van der Waals surface area contributed by atoms with Crippen molar-refractivity contribution in [2.75, 3.05) is 42.3 Å². The third kappa shape index (κ3) is 4.26. The van der Waals surface area contributed by atoms with E-state index < -0.39 is 0 Å². The normalized spacial score (nSPS) is 14.1. The van der Waals surface area contributed by atoms with Gasteiger partial charge in [-0.2, -0.15) is 15.0 Å². The molecular formula is C18H20N8O. The molecule has 4 heterocycles. The number of pyridine rings is 2. The van der Waals surface area contributed by atoms with Crippen molar-refractivity contribution in [3.05, 3.63) is 48.4 Å². The average molecular weight is 364 g/mol. The van der Waals surface area contributed by atoms with E-state index in [4.69, 9.17) is 10.5 Å². The van der Waals surface area contributed by atoms with E-state index in [0.29, 0.717) is 43.3 Å². The number of nitrogens with zero attached hydrogens (tertiary/aromatic N) is 6. The number of nitrogens with two attached hydrogens (primary N) is 1. The number of aromatic nitrogens is 5. The molecule has 0 bridgehead atoms. The fourth-order valence-corrected chi connectivity index (χ4v) is 2.69. The third-order valence-corrected chi connectivity index (χ3v) is 4.12. The Balaban J connectivity index is 1.64. The fraction of sp³-hybridized carbons (Fsp3) is 0.278. The molecule has 1 fully saturated rings. The number of ether oxygens (including phenoxy) is 1. The predicted octanol–water partition coefficient (Wildman–Crippen LogP) is 1.36. The van der Waals surface area contributed by atoms with E-state index in [2.05, 4.69) is 35.1 Å². The van der Waals surface area contributed by atoms with E-state index >= 15 is 0 Å². The minimum absolute atomic E-state index is 0.453. The molecule has 3 aromatic rings. The molecule has 0 spiro atoms. The van der Waals surface area contributed by atoms with E-state index in [1.807, 2.05) is 24.3 Å². The number of anilines is 3. The van der Waals surface area contributed by atoms with Crippen molar-refractivity contribution in [3.63, 3.8) is 0 Å². The first-order chi connectivity index (χ1) is 13.3. The number of nitrogens with one attached hydrogen (secondary N) is 1. The minimum atomic E-state index is 0.453. The summed E-state index contributed by atoms with van der Waals surface area (Å²) in [6, 6.07) is 9.36. The fourth-order valence-electron chi connectivity index (χ4n) is 2.69. The van der Waals surface area contributed by atoms with Crippen LogP contribution in [0.1, 0.15) is 5.69 Å². The Hall–Kier alpha value is -3.33. The standard InChI is InChI=1S/C18H20N8O/c19-15-5-4-13(11-21-15)16-23-17(22-12-14-3-1-2-6-20-14)25-18(24-16)26-7-9-27-10-8-26/h1-6,11H,7-10,12H2,(H2,19,21)(H,22,23,24,25). The van der Waals surface area contributed by atoms with Gasteiger partial charge in [0.2, 0.25) is 11.9 Å². The maximum absolute atomic E-state index is 5.69. The molecule has 1 aliphatic heterocycles. The molecule has 3 N–H and O–H groups in total. The lowest BCUT2D eigenvalue weighted by atomic mass is 10.2. The van der Waals surface area contributed by atoms with E-state index in [9.17, 15) is 0 Å². The Bertz CT molecular complexity index is 882. The van der Waals surface area contributed by atoms with Crippen LogP contribution in [0.5, 0.6) is 0 Å². The van der Waals surface area contributed by atoms with Crippen molar-refractivity contribution in [2.45, 2.75) is 6.54 Å². The molecule has 0 radical (unpaired) electrons. The van der Waals surface area contributed by atoms with Crippen molar-refractivity contribution in [1.29, 1.82) is 0 Å². The van der Waals surface area contributed by atoms with E-state index in [1.54, 1.807) is 18.5 Å². The smallest absolute Gasteiger partial charge is 0.230 e. The molecule has 0 unspecified atom stereocenters. The lowest BCUT2D eigenvalue weighted by molar-refractivity contribution is 0.122. The van der Waals surface area contributed by atoms with Gasteiger partial charge in [0.15, 0.2) is 5.82 Å². The van der Waals surface area contributed by atoms with Gasteiger partial charge in [-0.25, -0.2) is 4.98 Å². The van der Waals surface area contributed by atoms with E-state index in [-0.39, 0.29) is 0 Å². The average Bonchev–Trinajstić information content (AvgIpc) is 2.74. The predicted molar refractivity (Wildman–Crippen MR) is 102 cm³/mol. The number of hydrogen-bond donors (Lipinski definition) is 2. The highest BCUT2D eigenvalue weighted by Crippen LogP contribution is 2.20. The highest BCUT2D eigenvalue weighted by Gasteiger charge is 2.17. The number of morpholine rings is 1. The van der Waals surface area contributed by atoms with E-state index in [1.165, 1.54) is 0 Å². The molecule has 4 rings (SSSR count). The Morgan fingerprint density at radius 2 is 1.93 bits per heavy atom. The summed E-state index contributed by atoms with van der Waals surface area (Å²) in [7, 11) is 0. The third-order valence-electron chi connectivity index (χ3n) is 4.12. The van der Waals surface area contributed by atoms with Gasteiger partial charge in [0.05, 0.1) is 25.5 Å². The van der Waals surface area contributed by atoms with Crippen LogP contribution in [0.25, 0.3) is 11.4 Å². The van der Waals surface area contributed by atoms with Crippen molar-refractivity contribution < 1.29 is 4.74 Å². The first-order valence-corrected chi connectivity index (χ1v) is 8.72. The summed E-state index contributed by atoms with van der Waals surface area (Å²) in [6.07, 6.45) is 3.42. The Morgan fingerprint density at radius 1 is 1.04 bits per heavy atom. The summed E-state index contributed by atoms with van der Waals surface area (Å²) in [6.45, 7) is 3.31. The first kappa shape index (κ1) is 17.1. The lowest BCUT2D eigenvalue weighted by Gasteiger charge is -2.27. The molecule has 138 valence electrons. The lowest BCUT2D eigenvalue weighted by Crippen LogP contribution is -2.37. The van der Waals surface area contributed by atoms with Gasteiger partial charge in [-0.3, -0.25) is 4.98 Å². The summed E-state index contributed by atoms with van der Waals surface area (Å²) in [4.78, 5) is 24.3. The molecule has 3 aromatic heterocycles. The minimum Gasteiger partial charge on any atom is -0.384 e. The molecule has 0 aromatic carbocycles. The quantitative estimate of drug-likeness (QED) is 0.692. The molecule has 1 aliphatic rings. The highest BCUT2D eigenvalue weighted by atomic mass is 16.5. The molecule has 0 saturated carbocycles. The Kier molecular flexibility index (Phi) is 5.01. The zero-order valence-electron chi connectivity index (χ0n) is 14.7. The van der Waals surface area contributed by atoms with Gasteiger partial charge in [-0.05, 0) is 24.3 Å². The van der Waals surface area contributed by atoms with Gasteiger partial charge in [0, 0.05) is 31.0 Å². The second-order valence-electron chi connectivity index (χ2n) is 6.03. The van der Waals surface area contributed by atoms with Crippen LogP contribution in [0.3, 0.4) is 0 Å². The summed E-state index contributed by atoms with van der Waals surface area (Å²) in [5, 5.41) is 3.23. The second-order valence-corrected chi connectivity index (χ2v) is 6.03. The molecule has 27 heavy (non-hydrogen) atoms. The van der Waals surface area contributed by atoms with Gasteiger partial charge in [-0.1, -0.05) is 6.07 Å². The zero-order valence-corrected chi connectivity index (χ0v) is 14.7. The van der Waals surface area contributed by atoms with Crippen LogP contribution >= 0.6 is 0 Å². The summed E-state index contributed by atoms with van der Waals surface area (Å²) in [5.41, 5.74) is 7.37. The SMILES string of the molecule is Nc1ccc(-c2nc(NCc3ccccn3)nc(N3CCOCC3)n2)cn1. The molecule has 9 heteroatoms. The largest absolute Gasteiger partial charge is 0.384 e. The molecular weight excluding hydrogens is 344 g/mol. The topological polar surface area (TPSA) is 115 Å². The van der Waals surface area contributed by atoms with Crippen LogP contribution < -0.4 is 16.0 Å². The van der Waals surface area contributed by atoms with Gasteiger partial charge in [-0.15, -0.1) is 0 Å². The van der Waals surface area contributed by atoms with Gasteiger partial charge in [0.1, 0.15) is 5.82 Å². The van der Waals surface area contributed by atoms with Crippen molar-refractivity contribution in [3.8, 4) is 11.4 Å². The molecule has 9 nitrogen and oxygen atoms in total. The van der Waals surface area contributed by atoms with Crippen LogP contribution in [-0.4, -0.2) is 51.2 Å². The van der Waals surface area contributed by atoms with Crippen molar-refractivity contribution in [2.24, 2.45) is 0 Å². The Morgan fingerprint density at radius 3 is 2.67 bits per heavy atom. The van der Waals surface area contributed by atoms with Gasteiger partial charge < -0.3 is 20.7 Å². The molecule has 0 amide bonds. The zero-order chi connectivity index (χ0) is 18.5. The maximum atomic E-state index is 5.69. The summed E-state index contributed by atoms with van der Waals surface area (Å²) < 4.78 is 5.42. The molecule has 1 saturated heterocycles. The van der Waals surface area contributed by atoms with Crippen LogP contribution in [0.15, 0.2) is 42.7 Å². The highest BCUT2D eigenvalue weighted by molar-refractivity contribution is 5.58. The summed E-state index contributed by atoms with van der Waals surface area (Å²) >= 11 is 0. The van der Waals surface area contributed by atoms with E-state index in [0.717, 1.165) is 24.3 Å². The first-order valence-electron chi connectivity index (χ1n) is 8.72. The summed E-state index contributed by atoms with van der Waals surface area (Å²) in [5.74, 6) is 2.10. The maximum Gasteiger partial charge on any atom is 0.230 e. The van der Waals surface area contributed by atoms with Crippen LogP contribution in [0.2, 0.25) is 0 Å². The van der Waals surface area contributed by atoms with Crippen molar-refractivity contribution >= 4 is 17.7 Å². The molecule has 0 aliphatic carbocycles. The monoisotopic (exact) mass is 364 g/mol. The van der Waals surface area contributed by atoms with Crippen molar-refractivity contribution in [1.82, 2.24) is 24.9 Å². The van der Waals surface area contributed by atoms with Crippen LogP contribution in [0, 0.1) is 0 Å². The number of rotatable bonds is 5. The second kappa shape index (κ2) is 7.92. The van der Waals surface area contributed by atoms with Gasteiger partial charge in [0.25, 0.3) is 0 Å². The van der Waals surface area contributed by atoms with Crippen LogP contribution in [0.4, 0.5) is 17.7 Å². The number of hydrogen-bond acceptors (Lipinski definition) is 9. The molecule has 0 atom stereocenters.